The lowest BCUT2D eigenvalue weighted by Gasteiger charge is -2.20. The summed E-state index contributed by atoms with van der Waals surface area (Å²) in [7, 11) is -4.29. The molecule has 86 valence electrons. The van der Waals surface area contributed by atoms with Crippen molar-refractivity contribution >= 4 is 7.60 Å². The van der Waals surface area contributed by atoms with E-state index in [0.717, 1.165) is 0 Å². The molecule has 0 aromatic heterocycles. The normalized spacial score (nSPS) is 12.4. The molecule has 0 spiro atoms. The summed E-state index contributed by atoms with van der Waals surface area (Å²) < 4.78 is 10.5. The third-order valence-electron chi connectivity index (χ3n) is 0.953. The number of hydroxylamine groups is 2. The zero-order chi connectivity index (χ0) is 11.0. The third kappa shape index (κ3) is 8.54. The first-order chi connectivity index (χ1) is 6.49. The summed E-state index contributed by atoms with van der Waals surface area (Å²) in [5.74, 6) is 0. The van der Waals surface area contributed by atoms with Crippen molar-refractivity contribution in [3.63, 3.8) is 0 Å². The molecule has 0 unspecified atom stereocenters. The largest absolute Gasteiger partial charge is 0.394 e. The van der Waals surface area contributed by atoms with E-state index in [9.17, 15) is 4.57 Å². The number of nitrogens with zero attached hydrogens (tertiary/aromatic N) is 1. The minimum Gasteiger partial charge on any atom is -0.394 e. The summed E-state index contributed by atoms with van der Waals surface area (Å²) >= 11 is 0. The first-order valence-corrected chi connectivity index (χ1v) is 5.59. The molecule has 0 amide bonds. The fraction of sp³-hybridized carbons (Fsp3) is 1.00. The summed E-state index contributed by atoms with van der Waals surface area (Å²) in [5, 5.41) is 17.3. The zero-order valence-electron chi connectivity index (χ0n) is 7.44. The maximum atomic E-state index is 10.5. The van der Waals surface area contributed by atoms with Crippen LogP contribution in [-0.4, -0.2) is 57.9 Å². The summed E-state index contributed by atoms with van der Waals surface area (Å²) in [6, 6.07) is 0. The van der Waals surface area contributed by atoms with Gasteiger partial charge in [-0.25, -0.2) is 0 Å². The number of aliphatic hydroxyl groups excluding tert-OH is 2. The Morgan fingerprint density at radius 3 is 1.79 bits per heavy atom. The van der Waals surface area contributed by atoms with E-state index in [1.54, 1.807) is 0 Å². The minimum atomic E-state index is -4.29. The smallest absolute Gasteiger partial charge is 0.344 e. The van der Waals surface area contributed by atoms with E-state index in [4.69, 9.17) is 20.0 Å². The van der Waals surface area contributed by atoms with Crippen molar-refractivity contribution < 1.29 is 34.2 Å². The van der Waals surface area contributed by atoms with Gasteiger partial charge in [0, 0.05) is 0 Å². The Labute approximate surface area is 80.7 Å². The second kappa shape index (κ2) is 7.27. The SMILES string of the molecule is O=P(O)(O)CN(OCCO)OCCO. The van der Waals surface area contributed by atoms with Gasteiger partial charge in [-0.2, -0.15) is 0 Å². The highest BCUT2D eigenvalue weighted by Gasteiger charge is 2.20. The van der Waals surface area contributed by atoms with E-state index < -0.39 is 13.9 Å². The molecule has 0 aliphatic carbocycles. The Balaban J connectivity index is 3.90. The predicted octanol–water partition coefficient (Wildman–Crippen LogP) is -1.73. The van der Waals surface area contributed by atoms with Gasteiger partial charge in [0.15, 0.2) is 6.29 Å². The molecule has 0 aromatic carbocycles. The Morgan fingerprint density at radius 2 is 1.50 bits per heavy atom. The van der Waals surface area contributed by atoms with Gasteiger partial charge in [-0.1, -0.05) is 5.23 Å². The molecule has 8 nitrogen and oxygen atoms in total. The zero-order valence-corrected chi connectivity index (χ0v) is 8.34. The molecule has 0 saturated carbocycles. The molecule has 0 aromatic rings. The van der Waals surface area contributed by atoms with Crippen molar-refractivity contribution in [2.75, 3.05) is 32.7 Å². The van der Waals surface area contributed by atoms with E-state index in [0.29, 0.717) is 5.23 Å². The molecule has 0 bridgehead atoms. The fourth-order valence-corrected chi connectivity index (χ4v) is 1.02. The first-order valence-electron chi connectivity index (χ1n) is 3.79. The van der Waals surface area contributed by atoms with Gasteiger partial charge < -0.3 is 20.0 Å². The third-order valence-corrected chi connectivity index (χ3v) is 1.55. The van der Waals surface area contributed by atoms with E-state index in [1.807, 2.05) is 0 Å². The fourth-order valence-electron chi connectivity index (χ4n) is 0.555. The van der Waals surface area contributed by atoms with Crippen LogP contribution in [0.2, 0.25) is 0 Å². The summed E-state index contributed by atoms with van der Waals surface area (Å²) in [4.78, 5) is 26.4. The van der Waals surface area contributed by atoms with Crippen LogP contribution in [0.4, 0.5) is 0 Å². The number of hydrogen-bond donors (Lipinski definition) is 4. The topological polar surface area (TPSA) is 120 Å². The van der Waals surface area contributed by atoms with Crippen LogP contribution in [0.25, 0.3) is 0 Å². The Bertz CT molecular complexity index is 175. The quantitative estimate of drug-likeness (QED) is 0.287. The average Bonchev–Trinajstić information content (AvgIpc) is 2.07. The Hall–Kier alpha value is -0.0500. The molecular formula is C5H14NO7P. The van der Waals surface area contributed by atoms with Crippen LogP contribution in [0, 0.1) is 0 Å². The lowest BCUT2D eigenvalue weighted by atomic mass is 10.8. The van der Waals surface area contributed by atoms with Gasteiger partial charge in [0.1, 0.15) is 0 Å². The summed E-state index contributed by atoms with van der Waals surface area (Å²) in [6.45, 7) is -0.906. The van der Waals surface area contributed by atoms with Gasteiger partial charge in [-0.15, -0.1) is 0 Å². The summed E-state index contributed by atoms with van der Waals surface area (Å²) in [5.41, 5.74) is 0. The number of aliphatic hydroxyl groups is 2. The lowest BCUT2D eigenvalue weighted by molar-refractivity contribution is -0.363. The van der Waals surface area contributed by atoms with Crippen molar-refractivity contribution in [2.24, 2.45) is 0 Å². The highest BCUT2D eigenvalue weighted by molar-refractivity contribution is 7.51. The van der Waals surface area contributed by atoms with Gasteiger partial charge in [0.25, 0.3) is 0 Å². The van der Waals surface area contributed by atoms with Gasteiger partial charge in [0.05, 0.1) is 26.4 Å². The molecule has 4 N–H and O–H groups in total. The molecular weight excluding hydrogens is 217 g/mol. The highest BCUT2D eigenvalue weighted by atomic mass is 31.2. The van der Waals surface area contributed by atoms with Gasteiger partial charge >= 0.3 is 7.60 Å². The first kappa shape index (κ1) is 13.9. The molecule has 0 fully saturated rings. The van der Waals surface area contributed by atoms with Crippen LogP contribution >= 0.6 is 7.60 Å². The molecule has 0 aliphatic heterocycles. The minimum absolute atomic E-state index is 0.147. The van der Waals surface area contributed by atoms with Crippen molar-refractivity contribution in [3.8, 4) is 0 Å². The molecule has 0 saturated heterocycles. The van der Waals surface area contributed by atoms with E-state index >= 15 is 0 Å². The van der Waals surface area contributed by atoms with Crippen LogP contribution in [-0.2, 0) is 14.2 Å². The van der Waals surface area contributed by atoms with Gasteiger partial charge in [-0.05, 0) is 0 Å². The van der Waals surface area contributed by atoms with E-state index in [2.05, 4.69) is 9.68 Å². The molecule has 9 heteroatoms. The molecule has 0 rings (SSSR count). The van der Waals surface area contributed by atoms with Crippen LogP contribution < -0.4 is 0 Å². The molecule has 0 atom stereocenters. The van der Waals surface area contributed by atoms with Crippen molar-refractivity contribution in [1.82, 2.24) is 5.23 Å². The standard InChI is InChI=1S/C5H14NO7P/c7-1-3-12-6(13-4-2-8)5-14(9,10)11/h7-8H,1-5H2,(H2,9,10,11). The lowest BCUT2D eigenvalue weighted by Crippen LogP contribution is -2.28. The average molecular weight is 231 g/mol. The van der Waals surface area contributed by atoms with Crippen LogP contribution in [0.3, 0.4) is 0 Å². The second-order valence-electron chi connectivity index (χ2n) is 2.25. The van der Waals surface area contributed by atoms with Crippen LogP contribution in [0.1, 0.15) is 0 Å². The summed E-state index contributed by atoms with van der Waals surface area (Å²) in [6.07, 6.45) is -0.757. The number of rotatable bonds is 8. The maximum absolute atomic E-state index is 10.5. The predicted molar refractivity (Wildman–Crippen MR) is 44.8 cm³/mol. The molecule has 0 heterocycles. The maximum Gasteiger partial charge on any atom is 0.344 e. The Kier molecular flexibility index (Phi) is 7.24. The molecule has 14 heavy (non-hydrogen) atoms. The van der Waals surface area contributed by atoms with Gasteiger partial charge in [-0.3, -0.25) is 14.2 Å². The molecule has 0 radical (unpaired) electrons. The van der Waals surface area contributed by atoms with Gasteiger partial charge in [0.2, 0.25) is 0 Å². The van der Waals surface area contributed by atoms with Crippen LogP contribution in [0.5, 0.6) is 0 Å². The second-order valence-corrected chi connectivity index (χ2v) is 3.86. The van der Waals surface area contributed by atoms with E-state index in [-0.39, 0.29) is 26.4 Å². The molecule has 0 aliphatic rings. The van der Waals surface area contributed by atoms with E-state index in [1.165, 1.54) is 0 Å². The number of hydrogen-bond acceptors (Lipinski definition) is 6. The van der Waals surface area contributed by atoms with Crippen LogP contribution in [0.15, 0.2) is 0 Å². The monoisotopic (exact) mass is 231 g/mol. The highest BCUT2D eigenvalue weighted by Crippen LogP contribution is 2.35. The Morgan fingerprint density at radius 1 is 1.07 bits per heavy atom. The van der Waals surface area contributed by atoms with Crippen molar-refractivity contribution in [1.29, 1.82) is 0 Å². The van der Waals surface area contributed by atoms with Crippen molar-refractivity contribution in [3.05, 3.63) is 0 Å². The van der Waals surface area contributed by atoms with Crippen molar-refractivity contribution in [2.45, 2.75) is 0 Å².